The van der Waals surface area contributed by atoms with Crippen molar-refractivity contribution in [2.24, 2.45) is 0 Å². The summed E-state index contributed by atoms with van der Waals surface area (Å²) in [4.78, 5) is 1.08. The lowest BCUT2D eigenvalue weighted by molar-refractivity contribution is 0.344. The molecule has 0 atom stereocenters. The molecule has 2 N–H and O–H groups in total. The maximum atomic E-state index is 5.96. The standard InChI is InChI=1S/C14H13Cl2NOS/c15-10-2-1-3-11(8-10)18-6-7-19-12-4-5-14(17)13(16)9-12/h1-5,8-9H,6-7,17H2. The molecule has 0 aliphatic rings. The first-order valence-electron chi connectivity index (χ1n) is 5.71. The highest BCUT2D eigenvalue weighted by molar-refractivity contribution is 7.99. The molecule has 19 heavy (non-hydrogen) atoms. The summed E-state index contributed by atoms with van der Waals surface area (Å²) in [6.45, 7) is 0.604. The van der Waals surface area contributed by atoms with Gasteiger partial charge in [-0.25, -0.2) is 0 Å². The van der Waals surface area contributed by atoms with Crippen LogP contribution in [0.3, 0.4) is 0 Å². The molecule has 0 aliphatic heterocycles. The number of thioether (sulfide) groups is 1. The van der Waals surface area contributed by atoms with Crippen LogP contribution in [0.15, 0.2) is 47.4 Å². The molecule has 0 bridgehead atoms. The number of hydrogen-bond donors (Lipinski definition) is 1. The summed E-state index contributed by atoms with van der Waals surface area (Å²) in [5, 5.41) is 1.26. The normalized spacial score (nSPS) is 10.4. The van der Waals surface area contributed by atoms with Crippen molar-refractivity contribution in [3.8, 4) is 5.75 Å². The average molecular weight is 314 g/mol. The zero-order valence-corrected chi connectivity index (χ0v) is 12.4. The highest BCUT2D eigenvalue weighted by Crippen LogP contribution is 2.26. The largest absolute Gasteiger partial charge is 0.493 e. The minimum absolute atomic E-state index is 0.584. The van der Waals surface area contributed by atoms with E-state index in [9.17, 15) is 0 Å². The molecule has 2 aromatic rings. The number of ether oxygens (including phenoxy) is 1. The second-order valence-electron chi connectivity index (χ2n) is 3.84. The van der Waals surface area contributed by atoms with Gasteiger partial charge in [-0.1, -0.05) is 29.3 Å². The Balaban J connectivity index is 1.79. The van der Waals surface area contributed by atoms with Gasteiger partial charge in [-0.3, -0.25) is 0 Å². The van der Waals surface area contributed by atoms with Crippen molar-refractivity contribution in [1.29, 1.82) is 0 Å². The number of benzene rings is 2. The van der Waals surface area contributed by atoms with Gasteiger partial charge in [0, 0.05) is 15.7 Å². The zero-order chi connectivity index (χ0) is 13.7. The van der Waals surface area contributed by atoms with Crippen LogP contribution in [0.25, 0.3) is 0 Å². The first-order valence-corrected chi connectivity index (χ1v) is 7.45. The molecule has 0 saturated carbocycles. The van der Waals surface area contributed by atoms with Crippen LogP contribution >= 0.6 is 35.0 Å². The first-order chi connectivity index (χ1) is 9.15. The summed E-state index contributed by atoms with van der Waals surface area (Å²) in [6.07, 6.45) is 0. The van der Waals surface area contributed by atoms with E-state index in [1.807, 2.05) is 36.4 Å². The smallest absolute Gasteiger partial charge is 0.120 e. The number of halogens is 2. The molecule has 0 heterocycles. The highest BCUT2D eigenvalue weighted by Gasteiger charge is 2.00. The van der Waals surface area contributed by atoms with Crippen LogP contribution in [0.2, 0.25) is 10.0 Å². The Labute approximate surface area is 126 Å². The quantitative estimate of drug-likeness (QED) is 0.491. The van der Waals surface area contributed by atoms with Crippen LogP contribution in [-0.4, -0.2) is 12.4 Å². The van der Waals surface area contributed by atoms with Gasteiger partial charge in [-0.15, -0.1) is 11.8 Å². The van der Waals surface area contributed by atoms with Crippen LogP contribution in [0.4, 0.5) is 5.69 Å². The molecule has 0 amide bonds. The summed E-state index contributed by atoms with van der Waals surface area (Å²) in [6, 6.07) is 13.0. The van der Waals surface area contributed by atoms with Crippen molar-refractivity contribution >= 4 is 40.7 Å². The van der Waals surface area contributed by atoms with E-state index in [2.05, 4.69) is 0 Å². The van der Waals surface area contributed by atoms with Crippen LogP contribution in [0.1, 0.15) is 0 Å². The molecule has 0 saturated heterocycles. The lowest BCUT2D eigenvalue weighted by Crippen LogP contribution is -1.99. The monoisotopic (exact) mass is 313 g/mol. The maximum absolute atomic E-state index is 5.96. The number of rotatable bonds is 5. The van der Waals surface area contributed by atoms with Crippen LogP contribution in [-0.2, 0) is 0 Å². The topological polar surface area (TPSA) is 35.2 Å². The van der Waals surface area contributed by atoms with E-state index >= 15 is 0 Å². The molecule has 0 aromatic heterocycles. The third kappa shape index (κ3) is 4.53. The predicted molar refractivity (Wildman–Crippen MR) is 83.5 cm³/mol. The van der Waals surface area contributed by atoms with Gasteiger partial charge in [0.25, 0.3) is 0 Å². The average Bonchev–Trinajstić information content (AvgIpc) is 2.39. The number of nitrogens with two attached hydrogens (primary N) is 1. The Hall–Kier alpha value is -1.03. The van der Waals surface area contributed by atoms with Crippen molar-refractivity contribution in [3.63, 3.8) is 0 Å². The summed E-state index contributed by atoms with van der Waals surface area (Å²) >= 11 is 13.5. The van der Waals surface area contributed by atoms with E-state index in [-0.39, 0.29) is 0 Å². The fraction of sp³-hybridized carbons (Fsp3) is 0.143. The molecule has 0 fully saturated rings. The molecule has 5 heteroatoms. The van der Waals surface area contributed by atoms with Crippen molar-refractivity contribution in [3.05, 3.63) is 52.5 Å². The third-order valence-corrected chi connectivity index (χ3v) is 3.91. The Kier molecular flexibility index (Phi) is 5.25. The first kappa shape index (κ1) is 14.4. The summed E-state index contributed by atoms with van der Waals surface area (Å²) in [7, 11) is 0. The van der Waals surface area contributed by atoms with E-state index in [4.69, 9.17) is 33.7 Å². The van der Waals surface area contributed by atoms with Gasteiger partial charge in [0.05, 0.1) is 17.3 Å². The lowest BCUT2D eigenvalue weighted by Gasteiger charge is -2.07. The summed E-state index contributed by atoms with van der Waals surface area (Å²) < 4.78 is 5.60. The number of hydrogen-bond acceptors (Lipinski definition) is 3. The predicted octanol–water partition coefficient (Wildman–Crippen LogP) is 4.75. The Morgan fingerprint density at radius 3 is 2.68 bits per heavy atom. The molecule has 0 aliphatic carbocycles. The van der Waals surface area contributed by atoms with E-state index in [1.54, 1.807) is 17.8 Å². The van der Waals surface area contributed by atoms with E-state index in [0.29, 0.717) is 22.3 Å². The molecule has 2 rings (SSSR count). The second kappa shape index (κ2) is 6.94. The molecule has 2 aromatic carbocycles. The van der Waals surface area contributed by atoms with Crippen LogP contribution < -0.4 is 10.5 Å². The SMILES string of the molecule is Nc1ccc(SCCOc2cccc(Cl)c2)cc1Cl. The lowest BCUT2D eigenvalue weighted by atomic mass is 10.3. The molecular weight excluding hydrogens is 301 g/mol. The van der Waals surface area contributed by atoms with Gasteiger partial charge in [-0.2, -0.15) is 0 Å². The molecule has 0 spiro atoms. The molecule has 0 radical (unpaired) electrons. The summed E-state index contributed by atoms with van der Waals surface area (Å²) in [5.41, 5.74) is 6.25. The minimum atomic E-state index is 0.584. The van der Waals surface area contributed by atoms with Crippen molar-refractivity contribution < 1.29 is 4.74 Å². The van der Waals surface area contributed by atoms with Crippen LogP contribution in [0.5, 0.6) is 5.75 Å². The molecular formula is C14H13Cl2NOS. The van der Waals surface area contributed by atoms with Gasteiger partial charge in [-0.05, 0) is 36.4 Å². The Morgan fingerprint density at radius 2 is 1.95 bits per heavy atom. The Bertz CT molecular complexity index is 563. The van der Waals surface area contributed by atoms with Gasteiger partial charge >= 0.3 is 0 Å². The van der Waals surface area contributed by atoms with Crippen LogP contribution in [0, 0.1) is 0 Å². The fourth-order valence-corrected chi connectivity index (χ4v) is 2.67. The number of nitrogen functional groups attached to an aromatic ring is 1. The van der Waals surface area contributed by atoms with E-state index < -0.39 is 0 Å². The van der Waals surface area contributed by atoms with Gasteiger partial charge in [0.15, 0.2) is 0 Å². The van der Waals surface area contributed by atoms with Gasteiger partial charge in [0.2, 0.25) is 0 Å². The summed E-state index contributed by atoms with van der Waals surface area (Å²) in [5.74, 6) is 1.61. The second-order valence-corrected chi connectivity index (χ2v) is 5.85. The third-order valence-electron chi connectivity index (χ3n) is 2.39. The molecule has 100 valence electrons. The molecule has 2 nitrogen and oxygen atoms in total. The zero-order valence-electron chi connectivity index (χ0n) is 10.1. The molecule has 0 unspecified atom stereocenters. The number of anilines is 1. The van der Waals surface area contributed by atoms with E-state index in [1.165, 1.54) is 0 Å². The van der Waals surface area contributed by atoms with E-state index in [0.717, 1.165) is 16.4 Å². The Morgan fingerprint density at radius 1 is 1.11 bits per heavy atom. The van der Waals surface area contributed by atoms with Crippen molar-refractivity contribution in [2.45, 2.75) is 4.90 Å². The highest BCUT2D eigenvalue weighted by atomic mass is 35.5. The minimum Gasteiger partial charge on any atom is -0.493 e. The van der Waals surface area contributed by atoms with Crippen molar-refractivity contribution in [2.75, 3.05) is 18.1 Å². The van der Waals surface area contributed by atoms with Gasteiger partial charge < -0.3 is 10.5 Å². The fourth-order valence-electron chi connectivity index (χ4n) is 1.47. The maximum Gasteiger partial charge on any atom is 0.120 e. The van der Waals surface area contributed by atoms with Crippen molar-refractivity contribution in [1.82, 2.24) is 0 Å². The van der Waals surface area contributed by atoms with Gasteiger partial charge in [0.1, 0.15) is 5.75 Å².